The monoisotopic (exact) mass is 1230 g/mol. The molecule has 0 aliphatic heterocycles. The summed E-state index contributed by atoms with van der Waals surface area (Å²) < 4.78 is 130. The molecule has 19 nitrogen and oxygen atoms in total. The number of amides is 1. The number of rotatable bonds is 23. The third-order valence-corrected chi connectivity index (χ3v) is 20.6. The molecule has 8 aromatic rings. The van der Waals surface area contributed by atoms with Gasteiger partial charge in [-0.2, -0.15) is 0 Å². The van der Waals surface area contributed by atoms with Crippen molar-refractivity contribution in [3.63, 3.8) is 0 Å². The van der Waals surface area contributed by atoms with Crippen LogP contribution in [-0.4, -0.2) is 92.3 Å². The van der Waals surface area contributed by atoms with Gasteiger partial charge in [0.15, 0.2) is 0 Å². The number of fused-ring (bicyclic) bond motifs is 4. The standard InChI is InChI=1S/C60H66N10O9S5/c1-8-10-34-68(65-82(74,75)45-35-42-19-12-13-21-46(42)55(38-45)67(6)7)70(83(76,77)57-33-30-48-49(23-16-25-52(48)63-39(3)4)59(57)43-28-32-56(80)54(36-43)64-58(71)17-9-2)69(66-81(72,73)44-29-26-41-20-15-24-51(61)50(41)37-44)84(78,79)60-47-22-14-11-18-40(47)27-31-53(60)62-5/h11-16,18-31,33,35-39,62-63,65-66H,8-10,17,32,34,61H2,1-7H3,(H,64,71). The topological polar surface area (TPSA) is 253 Å². The largest absolute Gasteiger partial charge is 0.398 e. The Kier molecular flexibility index (Phi) is 18.0. The second-order valence-electron chi connectivity index (χ2n) is 20.6. The molecule has 1 amide bonds. The number of carbonyl (C=O) groups excluding carboxylic acids is 1. The number of nitrogens with two attached hydrogens (primary N) is 1. The van der Waals surface area contributed by atoms with Crippen molar-refractivity contribution < 1.29 is 38.5 Å². The molecule has 24 heteroatoms. The summed E-state index contributed by atoms with van der Waals surface area (Å²) in [5.74, 6) is -0.340. The number of hydrogen-bond acceptors (Lipinski definition) is 15. The zero-order valence-corrected chi connectivity index (χ0v) is 51.4. The second kappa shape index (κ2) is 24.7. The number of allylic oxidation sites excluding steroid dienone is 4. The molecule has 1 aliphatic rings. The lowest BCUT2D eigenvalue weighted by Gasteiger charge is -2.39. The van der Waals surface area contributed by atoms with Crippen LogP contribution in [0.4, 0.5) is 22.7 Å². The summed E-state index contributed by atoms with van der Waals surface area (Å²) >= 11 is 5.77. The Morgan fingerprint density at radius 3 is 2.01 bits per heavy atom. The molecule has 0 radical (unpaired) electrons. The van der Waals surface area contributed by atoms with E-state index in [1.807, 2.05) is 32.9 Å². The number of hydrazine groups is 4. The predicted octanol–water partition coefficient (Wildman–Crippen LogP) is 10.2. The molecule has 7 N–H and O–H groups in total. The summed E-state index contributed by atoms with van der Waals surface area (Å²) in [6.07, 6.45) is 4.23. The Morgan fingerprint density at radius 1 is 0.655 bits per heavy atom. The van der Waals surface area contributed by atoms with Crippen LogP contribution in [0.3, 0.4) is 0 Å². The average molecular weight is 1230 g/mol. The maximum atomic E-state index is 17.1. The van der Waals surface area contributed by atoms with Gasteiger partial charge >= 0.3 is 0 Å². The van der Waals surface area contributed by atoms with Gasteiger partial charge in [-0.3, -0.25) is 4.79 Å². The fourth-order valence-corrected chi connectivity index (χ4v) is 16.5. The van der Waals surface area contributed by atoms with E-state index >= 15 is 33.7 Å². The molecule has 0 saturated heterocycles. The van der Waals surface area contributed by atoms with Gasteiger partial charge in [-0.05, 0) is 117 Å². The van der Waals surface area contributed by atoms with Crippen LogP contribution in [0, 0.1) is 0 Å². The maximum absolute atomic E-state index is 17.1. The summed E-state index contributed by atoms with van der Waals surface area (Å²) in [6.45, 7) is 6.86. The van der Waals surface area contributed by atoms with Crippen LogP contribution < -0.4 is 36.2 Å². The van der Waals surface area contributed by atoms with E-state index < -0.39 is 61.3 Å². The van der Waals surface area contributed by atoms with Gasteiger partial charge in [0.05, 0.1) is 26.1 Å². The highest BCUT2D eigenvalue weighted by Gasteiger charge is 2.48. The van der Waals surface area contributed by atoms with E-state index in [0.29, 0.717) is 60.1 Å². The number of sulfonamides is 4. The molecular formula is C60H66N10O9S5. The van der Waals surface area contributed by atoms with E-state index in [1.54, 1.807) is 105 Å². The van der Waals surface area contributed by atoms with Gasteiger partial charge in [0.1, 0.15) is 4.90 Å². The van der Waals surface area contributed by atoms with E-state index in [9.17, 15) is 4.79 Å². The average Bonchev–Trinajstić information content (AvgIpc) is 0.800. The molecule has 440 valence electrons. The van der Waals surface area contributed by atoms with Crippen molar-refractivity contribution in [2.45, 2.75) is 85.4 Å². The van der Waals surface area contributed by atoms with E-state index in [4.69, 9.17) is 18.0 Å². The molecule has 8 aromatic carbocycles. The molecule has 0 bridgehead atoms. The lowest BCUT2D eigenvalue weighted by atomic mass is 9.92. The molecule has 0 unspecified atom stereocenters. The van der Waals surface area contributed by atoms with Crippen molar-refractivity contribution in [1.29, 1.82) is 0 Å². The summed E-state index contributed by atoms with van der Waals surface area (Å²) in [4.78, 5) is 17.9. The van der Waals surface area contributed by atoms with E-state index in [1.165, 1.54) is 67.7 Å². The number of unbranched alkanes of at least 4 members (excludes halogenated alkanes) is 1. The third-order valence-electron chi connectivity index (χ3n) is 14.1. The number of thiocarbonyl (C=S) groups is 1. The quantitative estimate of drug-likeness (QED) is 0.0198. The van der Waals surface area contributed by atoms with Gasteiger partial charge in [0.25, 0.3) is 40.1 Å². The van der Waals surface area contributed by atoms with Gasteiger partial charge in [-0.15, -0.1) is 14.8 Å². The third kappa shape index (κ3) is 12.3. The molecule has 9 rings (SSSR count). The minimum Gasteiger partial charge on any atom is -0.398 e. The number of nitrogens with one attached hydrogen (secondary N) is 5. The zero-order chi connectivity index (χ0) is 60.5. The van der Waals surface area contributed by atoms with Gasteiger partial charge < -0.3 is 26.6 Å². The first-order valence-corrected chi connectivity index (χ1v) is 33.4. The summed E-state index contributed by atoms with van der Waals surface area (Å²) in [5.41, 5.74) is 8.01. The molecule has 84 heavy (non-hydrogen) atoms. The minimum absolute atomic E-state index is 0.00318. The van der Waals surface area contributed by atoms with Crippen molar-refractivity contribution >= 4 is 134 Å². The van der Waals surface area contributed by atoms with Gasteiger partial charge in [-0.25, -0.2) is 33.7 Å². The molecule has 0 heterocycles. The van der Waals surface area contributed by atoms with E-state index in [0.717, 1.165) is 0 Å². The minimum atomic E-state index is -5.78. The van der Waals surface area contributed by atoms with Crippen LogP contribution in [0.1, 0.15) is 65.4 Å². The Hall–Kier alpha value is -7.36. The van der Waals surface area contributed by atoms with Crippen molar-refractivity contribution in [3.8, 4) is 0 Å². The number of hydrogen-bond donors (Lipinski definition) is 6. The molecular weight excluding hydrogens is 1170 g/mol. The first kappa shape index (κ1) is 61.2. The summed E-state index contributed by atoms with van der Waals surface area (Å²) in [7, 11) is -16.9. The van der Waals surface area contributed by atoms with Crippen LogP contribution in [-0.2, 0) is 44.9 Å². The summed E-state index contributed by atoms with van der Waals surface area (Å²) in [5, 5.41) is 13.1. The van der Waals surface area contributed by atoms with Crippen LogP contribution >= 0.6 is 12.2 Å². The second-order valence-corrected chi connectivity index (χ2v) is 27.9. The Bertz CT molecular complexity index is 4460. The highest BCUT2D eigenvalue weighted by atomic mass is 32.2. The van der Waals surface area contributed by atoms with Gasteiger partial charge in [0, 0.05) is 95.6 Å². The Morgan fingerprint density at radius 2 is 1.31 bits per heavy atom. The first-order valence-electron chi connectivity index (χ1n) is 27.1. The number of carbonyl (C=O) groups is 1. The molecule has 0 atom stereocenters. The van der Waals surface area contributed by atoms with Crippen LogP contribution in [0.2, 0.25) is 0 Å². The molecule has 0 saturated carbocycles. The zero-order valence-electron chi connectivity index (χ0n) is 47.3. The smallest absolute Gasteiger partial charge is 0.275 e. The predicted molar refractivity (Wildman–Crippen MR) is 339 cm³/mol. The SMILES string of the molecule is CCCCN(NS(=O)(=O)c1cc(N(C)C)c2ccccc2c1)N(N(NS(=O)(=O)c1ccc2cccc(N)c2c1)S(=O)(=O)c1c(NC)ccc2ccccc12)S(=O)(=O)c1ccc2c(NC(C)C)cccc2c1C1=CCC(=S)C(NC(=O)CCC)=C1. The summed E-state index contributed by atoms with van der Waals surface area (Å²) in [6, 6.07) is 36.0. The number of benzene rings is 8. The number of nitrogens with zero attached hydrogens (tertiary/aromatic N) is 4. The lowest BCUT2D eigenvalue weighted by Crippen LogP contribution is -2.67. The molecule has 0 aromatic heterocycles. The Labute approximate surface area is 496 Å². The highest BCUT2D eigenvalue weighted by molar-refractivity contribution is 7.94. The highest BCUT2D eigenvalue weighted by Crippen LogP contribution is 2.42. The normalized spacial score (nSPS) is 13.6. The maximum Gasteiger partial charge on any atom is 0.275 e. The lowest BCUT2D eigenvalue weighted by molar-refractivity contribution is -0.120. The van der Waals surface area contributed by atoms with Crippen molar-refractivity contribution in [1.82, 2.24) is 29.1 Å². The van der Waals surface area contributed by atoms with Crippen LogP contribution in [0.5, 0.6) is 0 Å². The number of nitrogen functional groups attached to an aromatic ring is 1. The molecule has 0 spiro atoms. The Balaban J connectivity index is 1.40. The number of anilines is 4. The van der Waals surface area contributed by atoms with Crippen molar-refractivity contribution in [2.24, 2.45) is 0 Å². The fraction of sp³-hybridized carbons (Fsp3) is 0.233. The van der Waals surface area contributed by atoms with Crippen LogP contribution in [0.15, 0.2) is 177 Å². The van der Waals surface area contributed by atoms with Gasteiger partial charge in [0.2, 0.25) is 5.91 Å². The fourth-order valence-electron chi connectivity index (χ4n) is 10.1. The van der Waals surface area contributed by atoms with Crippen LogP contribution in [0.25, 0.3) is 48.7 Å². The molecule has 1 aliphatic carbocycles. The van der Waals surface area contributed by atoms with Crippen molar-refractivity contribution in [2.75, 3.05) is 49.0 Å². The van der Waals surface area contributed by atoms with Gasteiger partial charge in [-0.1, -0.05) is 130 Å². The van der Waals surface area contributed by atoms with E-state index in [2.05, 4.69) is 25.6 Å². The van der Waals surface area contributed by atoms with E-state index in [-0.39, 0.29) is 90.6 Å². The molecule has 0 fully saturated rings. The first-order chi connectivity index (χ1) is 39.9. The van der Waals surface area contributed by atoms with Crippen molar-refractivity contribution in [3.05, 3.63) is 163 Å².